The van der Waals surface area contributed by atoms with E-state index in [2.05, 4.69) is 19.0 Å². The average molecular weight is 289 g/mol. The summed E-state index contributed by atoms with van der Waals surface area (Å²) in [6.07, 6.45) is 3.57. The van der Waals surface area contributed by atoms with E-state index in [4.69, 9.17) is 5.73 Å². The Bertz CT molecular complexity index is 547. The average Bonchev–Trinajstić information content (AvgIpc) is 2.36. The van der Waals surface area contributed by atoms with Crippen LogP contribution in [-0.2, 0) is 0 Å². The van der Waals surface area contributed by atoms with Gasteiger partial charge in [0.25, 0.3) is 5.91 Å². The van der Waals surface area contributed by atoms with Crippen molar-refractivity contribution in [3.8, 4) is 0 Å². The molecule has 0 unspecified atom stereocenters. The van der Waals surface area contributed by atoms with Gasteiger partial charge >= 0.3 is 0 Å². The first kappa shape index (κ1) is 15.8. The standard InChI is InChI=1S/C17H27N3O/c1-12-9-13(2)15(18)10-14(12)16(21)20(5)11-17(19(3)4)7-6-8-17/h9-10H,6-8,11,18H2,1-5H3. The van der Waals surface area contributed by atoms with Crippen LogP contribution < -0.4 is 5.73 Å². The number of hydrogen-bond donors (Lipinski definition) is 1. The Labute approximate surface area is 127 Å². The van der Waals surface area contributed by atoms with Crippen molar-refractivity contribution in [2.24, 2.45) is 0 Å². The zero-order chi connectivity index (χ0) is 15.8. The third-order valence-electron chi connectivity index (χ3n) is 4.95. The van der Waals surface area contributed by atoms with Crippen LogP contribution in [0.5, 0.6) is 0 Å². The number of nitrogens with zero attached hydrogens (tertiary/aromatic N) is 2. The SMILES string of the molecule is Cc1cc(C)c(C(=O)N(C)CC2(N(C)C)CCC2)cc1N. The van der Waals surface area contributed by atoms with Gasteiger partial charge < -0.3 is 15.5 Å². The van der Waals surface area contributed by atoms with Crippen molar-refractivity contribution in [3.63, 3.8) is 0 Å². The predicted octanol–water partition coefficient (Wildman–Crippen LogP) is 2.44. The van der Waals surface area contributed by atoms with E-state index in [0.717, 1.165) is 30.5 Å². The fourth-order valence-electron chi connectivity index (χ4n) is 3.15. The normalized spacial score (nSPS) is 16.7. The minimum atomic E-state index is 0.0623. The van der Waals surface area contributed by atoms with Crippen molar-refractivity contribution < 1.29 is 4.79 Å². The molecule has 2 N–H and O–H groups in total. The highest BCUT2D eigenvalue weighted by molar-refractivity contribution is 5.96. The lowest BCUT2D eigenvalue weighted by molar-refractivity contribution is 0.0252. The molecule has 1 aliphatic carbocycles. The smallest absolute Gasteiger partial charge is 0.254 e. The summed E-state index contributed by atoms with van der Waals surface area (Å²) in [6.45, 7) is 4.71. The first-order valence-corrected chi connectivity index (χ1v) is 7.56. The molecule has 1 fully saturated rings. The molecule has 0 aliphatic heterocycles. The first-order valence-electron chi connectivity index (χ1n) is 7.56. The van der Waals surface area contributed by atoms with Crippen LogP contribution in [0.25, 0.3) is 0 Å². The van der Waals surface area contributed by atoms with Gasteiger partial charge in [-0.15, -0.1) is 0 Å². The van der Waals surface area contributed by atoms with Gasteiger partial charge in [0.15, 0.2) is 0 Å². The highest BCUT2D eigenvalue weighted by Gasteiger charge is 2.40. The molecule has 1 amide bonds. The predicted molar refractivity (Wildman–Crippen MR) is 87.6 cm³/mol. The van der Waals surface area contributed by atoms with Crippen molar-refractivity contribution >= 4 is 11.6 Å². The number of likely N-dealkylation sites (N-methyl/N-ethyl adjacent to an activating group) is 2. The lowest BCUT2D eigenvalue weighted by Crippen LogP contribution is -2.57. The summed E-state index contributed by atoms with van der Waals surface area (Å²) in [5.41, 5.74) is 9.52. The van der Waals surface area contributed by atoms with Crippen molar-refractivity contribution in [2.75, 3.05) is 33.4 Å². The van der Waals surface area contributed by atoms with Gasteiger partial charge in [0.05, 0.1) is 0 Å². The van der Waals surface area contributed by atoms with E-state index in [-0.39, 0.29) is 11.4 Å². The molecule has 4 nitrogen and oxygen atoms in total. The number of aryl methyl sites for hydroxylation is 2. The molecule has 21 heavy (non-hydrogen) atoms. The summed E-state index contributed by atoms with van der Waals surface area (Å²) < 4.78 is 0. The van der Waals surface area contributed by atoms with E-state index in [0.29, 0.717) is 11.3 Å². The van der Waals surface area contributed by atoms with Crippen molar-refractivity contribution in [3.05, 3.63) is 28.8 Å². The highest BCUT2D eigenvalue weighted by atomic mass is 16.2. The van der Waals surface area contributed by atoms with Crippen LogP contribution in [0.4, 0.5) is 5.69 Å². The van der Waals surface area contributed by atoms with Crippen LogP contribution in [0.3, 0.4) is 0 Å². The largest absolute Gasteiger partial charge is 0.398 e. The Morgan fingerprint density at radius 1 is 1.19 bits per heavy atom. The minimum absolute atomic E-state index is 0.0623. The molecule has 4 heteroatoms. The number of rotatable bonds is 4. The summed E-state index contributed by atoms with van der Waals surface area (Å²) in [4.78, 5) is 16.8. The number of nitrogen functional groups attached to an aromatic ring is 1. The monoisotopic (exact) mass is 289 g/mol. The quantitative estimate of drug-likeness (QED) is 0.866. The van der Waals surface area contributed by atoms with Crippen molar-refractivity contribution in [1.29, 1.82) is 0 Å². The van der Waals surface area contributed by atoms with Gasteiger partial charge in [-0.3, -0.25) is 4.79 Å². The molecule has 2 rings (SSSR count). The summed E-state index contributed by atoms with van der Waals surface area (Å²) in [5.74, 6) is 0.0623. The molecule has 0 heterocycles. The molecule has 0 radical (unpaired) electrons. The van der Waals surface area contributed by atoms with Crippen molar-refractivity contribution in [1.82, 2.24) is 9.80 Å². The Morgan fingerprint density at radius 3 is 2.29 bits per heavy atom. The molecule has 1 aromatic carbocycles. The highest BCUT2D eigenvalue weighted by Crippen LogP contribution is 2.37. The van der Waals surface area contributed by atoms with Crippen LogP contribution in [0.15, 0.2) is 12.1 Å². The molecule has 116 valence electrons. The lowest BCUT2D eigenvalue weighted by Gasteiger charge is -2.49. The van der Waals surface area contributed by atoms with E-state index < -0.39 is 0 Å². The first-order chi connectivity index (χ1) is 9.77. The Morgan fingerprint density at radius 2 is 1.81 bits per heavy atom. The number of carbonyl (C=O) groups excluding carboxylic acids is 1. The molecule has 0 atom stereocenters. The van der Waals surface area contributed by atoms with E-state index in [1.54, 1.807) is 0 Å². The van der Waals surface area contributed by atoms with Crippen LogP contribution >= 0.6 is 0 Å². The van der Waals surface area contributed by atoms with Gasteiger partial charge in [-0.25, -0.2) is 0 Å². The van der Waals surface area contributed by atoms with E-state index in [1.807, 2.05) is 37.9 Å². The second-order valence-corrected chi connectivity index (χ2v) is 6.66. The fourth-order valence-corrected chi connectivity index (χ4v) is 3.15. The number of amides is 1. The van der Waals surface area contributed by atoms with Gasteiger partial charge in [0, 0.05) is 30.4 Å². The maximum Gasteiger partial charge on any atom is 0.254 e. The molecule has 1 aromatic rings. The molecular formula is C17H27N3O. The summed E-state index contributed by atoms with van der Waals surface area (Å²) in [6, 6.07) is 3.80. The molecular weight excluding hydrogens is 262 g/mol. The van der Waals surface area contributed by atoms with Crippen LogP contribution in [-0.4, -0.2) is 48.9 Å². The second kappa shape index (κ2) is 5.68. The number of nitrogens with two attached hydrogens (primary N) is 1. The number of anilines is 1. The van der Waals surface area contributed by atoms with Gasteiger partial charge in [0.2, 0.25) is 0 Å². The number of hydrogen-bond acceptors (Lipinski definition) is 3. The maximum atomic E-state index is 12.7. The summed E-state index contributed by atoms with van der Waals surface area (Å²) in [5, 5.41) is 0. The molecule has 0 saturated heterocycles. The van der Waals surface area contributed by atoms with Gasteiger partial charge in [-0.1, -0.05) is 6.07 Å². The topological polar surface area (TPSA) is 49.6 Å². The van der Waals surface area contributed by atoms with Gasteiger partial charge in [-0.05, 0) is 64.4 Å². The van der Waals surface area contributed by atoms with E-state index >= 15 is 0 Å². The molecule has 0 spiro atoms. The van der Waals surface area contributed by atoms with Crippen LogP contribution in [0.1, 0.15) is 40.7 Å². The van der Waals surface area contributed by atoms with E-state index in [1.165, 1.54) is 6.42 Å². The second-order valence-electron chi connectivity index (χ2n) is 6.66. The Kier molecular flexibility index (Phi) is 4.28. The lowest BCUT2D eigenvalue weighted by atomic mass is 9.75. The van der Waals surface area contributed by atoms with Gasteiger partial charge in [-0.2, -0.15) is 0 Å². The molecule has 0 aromatic heterocycles. The summed E-state index contributed by atoms with van der Waals surface area (Å²) in [7, 11) is 6.10. The third kappa shape index (κ3) is 2.91. The Balaban J connectivity index is 2.18. The fraction of sp³-hybridized carbons (Fsp3) is 0.588. The molecule has 0 bridgehead atoms. The summed E-state index contributed by atoms with van der Waals surface area (Å²) >= 11 is 0. The third-order valence-corrected chi connectivity index (χ3v) is 4.95. The zero-order valence-electron chi connectivity index (χ0n) is 13.9. The Hall–Kier alpha value is -1.55. The van der Waals surface area contributed by atoms with Gasteiger partial charge in [0.1, 0.15) is 0 Å². The van der Waals surface area contributed by atoms with Crippen molar-refractivity contribution in [2.45, 2.75) is 38.6 Å². The minimum Gasteiger partial charge on any atom is -0.398 e. The molecule has 1 saturated carbocycles. The zero-order valence-corrected chi connectivity index (χ0v) is 13.9. The number of benzene rings is 1. The van der Waals surface area contributed by atoms with E-state index in [9.17, 15) is 4.79 Å². The maximum absolute atomic E-state index is 12.7. The number of carbonyl (C=O) groups is 1. The molecule has 1 aliphatic rings. The van der Waals surface area contributed by atoms with Crippen LogP contribution in [0.2, 0.25) is 0 Å². The van der Waals surface area contributed by atoms with Crippen LogP contribution in [0, 0.1) is 13.8 Å².